The zero-order valence-electron chi connectivity index (χ0n) is 8.56. The Kier molecular flexibility index (Phi) is 3.74. The average molecular weight is 205 g/mol. The lowest BCUT2D eigenvalue weighted by Gasteiger charge is -2.00. The average Bonchev–Trinajstić information content (AvgIpc) is 2.26. The topological polar surface area (TPSA) is 56.3 Å². The van der Waals surface area contributed by atoms with Gasteiger partial charge in [-0.1, -0.05) is 0 Å². The van der Waals surface area contributed by atoms with E-state index in [-0.39, 0.29) is 11.4 Å². The van der Waals surface area contributed by atoms with Crippen molar-refractivity contribution in [3.8, 4) is 0 Å². The summed E-state index contributed by atoms with van der Waals surface area (Å²) in [6.07, 6.45) is 4.65. The molecule has 0 radical (unpaired) electrons. The quantitative estimate of drug-likeness (QED) is 0.322. The molecule has 0 amide bonds. The van der Waals surface area contributed by atoms with Crippen LogP contribution in [-0.4, -0.2) is 23.8 Å². The molecule has 1 rings (SSSR count). The third-order valence-corrected chi connectivity index (χ3v) is 1.80. The molecule has 0 fully saturated rings. The summed E-state index contributed by atoms with van der Waals surface area (Å²) in [4.78, 5) is 26.2. The van der Waals surface area contributed by atoms with E-state index in [0.717, 1.165) is 5.56 Å². The summed E-state index contributed by atoms with van der Waals surface area (Å²) in [7, 11) is 1.24. The largest absolute Gasteiger partial charge is 0.465 e. The number of ketones is 1. The maximum Gasteiger partial charge on any atom is 0.341 e. The Morgan fingerprint density at radius 3 is 2.40 bits per heavy atom. The van der Waals surface area contributed by atoms with E-state index < -0.39 is 5.97 Å². The number of hydrogen-bond donors (Lipinski definition) is 0. The number of Topliss-reactive ketones (excluding diaryl/α,β-unsaturated/α-hetero) is 1. The third kappa shape index (κ3) is 3.02. The summed E-state index contributed by atoms with van der Waals surface area (Å²) in [6.45, 7) is 1.32. The number of hydrogen-bond acceptors (Lipinski definition) is 4. The molecule has 0 atom stereocenters. The van der Waals surface area contributed by atoms with Crippen molar-refractivity contribution < 1.29 is 14.3 Å². The van der Waals surface area contributed by atoms with Gasteiger partial charge in [-0.15, -0.1) is 0 Å². The van der Waals surface area contributed by atoms with Crippen LogP contribution in [0.1, 0.15) is 12.5 Å². The highest BCUT2D eigenvalue weighted by atomic mass is 16.5. The predicted octanol–water partition coefficient (Wildman–Crippen LogP) is 1.23. The second kappa shape index (κ2) is 5.05. The molecule has 0 N–H and O–H groups in total. The Labute approximate surface area is 87.6 Å². The summed E-state index contributed by atoms with van der Waals surface area (Å²) in [5.74, 6) is -0.946. The minimum atomic E-state index is -0.626. The van der Waals surface area contributed by atoms with Gasteiger partial charge in [0, 0.05) is 12.4 Å². The van der Waals surface area contributed by atoms with Gasteiger partial charge < -0.3 is 4.74 Å². The summed E-state index contributed by atoms with van der Waals surface area (Å²) in [6, 6.07) is 3.40. The van der Waals surface area contributed by atoms with Crippen LogP contribution in [0.5, 0.6) is 0 Å². The van der Waals surface area contributed by atoms with Crippen molar-refractivity contribution in [3.63, 3.8) is 0 Å². The Hall–Kier alpha value is -1.97. The van der Waals surface area contributed by atoms with Gasteiger partial charge in [-0.25, -0.2) is 4.79 Å². The molecule has 1 aromatic heterocycles. The van der Waals surface area contributed by atoms with Crippen molar-refractivity contribution in [2.24, 2.45) is 0 Å². The highest BCUT2D eigenvalue weighted by Crippen LogP contribution is 2.07. The molecule has 1 heterocycles. The lowest BCUT2D eigenvalue weighted by atomic mass is 10.1. The molecule has 0 aromatic carbocycles. The number of carbonyl (C=O) groups excluding carboxylic acids is 2. The summed E-state index contributed by atoms with van der Waals surface area (Å²) < 4.78 is 4.50. The smallest absolute Gasteiger partial charge is 0.341 e. The molecule has 0 aliphatic heterocycles. The van der Waals surface area contributed by atoms with Crippen LogP contribution in [0.15, 0.2) is 30.1 Å². The zero-order chi connectivity index (χ0) is 11.3. The van der Waals surface area contributed by atoms with Crippen LogP contribution in [0.25, 0.3) is 6.08 Å². The number of methoxy groups -OCH3 is 1. The molecule has 0 unspecified atom stereocenters. The minimum Gasteiger partial charge on any atom is -0.465 e. The van der Waals surface area contributed by atoms with Crippen LogP contribution in [-0.2, 0) is 14.3 Å². The molecular formula is C11H11NO3. The van der Waals surface area contributed by atoms with Gasteiger partial charge >= 0.3 is 5.97 Å². The van der Waals surface area contributed by atoms with E-state index in [2.05, 4.69) is 9.72 Å². The fraction of sp³-hybridized carbons (Fsp3) is 0.182. The van der Waals surface area contributed by atoms with Gasteiger partial charge in [0.25, 0.3) is 0 Å². The molecule has 78 valence electrons. The Balaban J connectivity index is 3.05. The van der Waals surface area contributed by atoms with Crippen molar-refractivity contribution in [2.45, 2.75) is 6.92 Å². The van der Waals surface area contributed by atoms with Gasteiger partial charge in [-0.2, -0.15) is 0 Å². The molecule has 15 heavy (non-hydrogen) atoms. The van der Waals surface area contributed by atoms with Crippen molar-refractivity contribution in [1.29, 1.82) is 0 Å². The lowest BCUT2D eigenvalue weighted by Crippen LogP contribution is -2.11. The first-order valence-corrected chi connectivity index (χ1v) is 4.36. The van der Waals surface area contributed by atoms with Gasteiger partial charge in [0.2, 0.25) is 0 Å². The van der Waals surface area contributed by atoms with E-state index >= 15 is 0 Å². The molecule has 0 aliphatic rings. The minimum absolute atomic E-state index is 0.0312. The van der Waals surface area contributed by atoms with Crippen LogP contribution >= 0.6 is 0 Å². The van der Waals surface area contributed by atoms with Crippen molar-refractivity contribution >= 4 is 17.8 Å². The van der Waals surface area contributed by atoms with Gasteiger partial charge in [0.15, 0.2) is 5.78 Å². The van der Waals surface area contributed by atoms with Crippen molar-refractivity contribution in [3.05, 3.63) is 35.7 Å². The second-order valence-electron chi connectivity index (χ2n) is 2.89. The summed E-state index contributed by atoms with van der Waals surface area (Å²) in [5, 5.41) is 0. The molecule has 4 nitrogen and oxygen atoms in total. The number of esters is 1. The van der Waals surface area contributed by atoms with Gasteiger partial charge in [-0.3, -0.25) is 9.78 Å². The molecule has 4 heteroatoms. The number of pyridine rings is 1. The molecule has 0 aliphatic carbocycles. The van der Waals surface area contributed by atoms with Crippen molar-refractivity contribution in [2.75, 3.05) is 7.11 Å². The van der Waals surface area contributed by atoms with E-state index in [4.69, 9.17) is 0 Å². The van der Waals surface area contributed by atoms with E-state index in [9.17, 15) is 9.59 Å². The molecule has 0 bridgehead atoms. The van der Waals surface area contributed by atoms with Gasteiger partial charge in [-0.05, 0) is 30.7 Å². The van der Waals surface area contributed by atoms with E-state index in [1.165, 1.54) is 20.1 Å². The van der Waals surface area contributed by atoms with Crippen LogP contribution in [0, 0.1) is 0 Å². The maximum atomic E-state index is 11.2. The highest BCUT2D eigenvalue weighted by molar-refractivity contribution is 6.19. The van der Waals surface area contributed by atoms with Gasteiger partial charge in [0.05, 0.1) is 7.11 Å². The monoisotopic (exact) mass is 205 g/mol. The lowest BCUT2D eigenvalue weighted by molar-refractivity contribution is -0.137. The molecule has 1 aromatic rings. The molecular weight excluding hydrogens is 194 g/mol. The van der Waals surface area contributed by atoms with E-state index in [0.29, 0.717) is 0 Å². The fourth-order valence-corrected chi connectivity index (χ4v) is 1.04. The second-order valence-corrected chi connectivity index (χ2v) is 2.89. The third-order valence-electron chi connectivity index (χ3n) is 1.80. The Morgan fingerprint density at radius 2 is 1.93 bits per heavy atom. The Morgan fingerprint density at radius 1 is 1.33 bits per heavy atom. The zero-order valence-corrected chi connectivity index (χ0v) is 8.56. The van der Waals surface area contributed by atoms with Crippen LogP contribution in [0.4, 0.5) is 0 Å². The number of ether oxygens (including phenoxy) is 1. The predicted molar refractivity (Wildman–Crippen MR) is 54.9 cm³/mol. The van der Waals surface area contributed by atoms with Crippen LogP contribution in [0.3, 0.4) is 0 Å². The van der Waals surface area contributed by atoms with E-state index in [1.807, 2.05) is 0 Å². The SMILES string of the molecule is COC(=O)/C(=C/c1ccncc1)C(C)=O. The molecule has 0 saturated heterocycles. The van der Waals surface area contributed by atoms with Gasteiger partial charge in [0.1, 0.15) is 5.57 Å². The number of nitrogens with zero attached hydrogens (tertiary/aromatic N) is 1. The van der Waals surface area contributed by atoms with Crippen LogP contribution in [0.2, 0.25) is 0 Å². The first-order chi connectivity index (χ1) is 7.15. The molecule has 0 saturated carbocycles. The molecule has 0 spiro atoms. The first kappa shape index (κ1) is 11.1. The van der Waals surface area contributed by atoms with Crippen LogP contribution < -0.4 is 0 Å². The number of rotatable bonds is 3. The number of aromatic nitrogens is 1. The summed E-state index contributed by atoms with van der Waals surface area (Å²) in [5.41, 5.74) is 0.768. The van der Waals surface area contributed by atoms with Crippen molar-refractivity contribution in [1.82, 2.24) is 4.98 Å². The normalized spacial score (nSPS) is 10.9. The first-order valence-electron chi connectivity index (χ1n) is 4.36. The maximum absolute atomic E-state index is 11.2. The van der Waals surface area contributed by atoms with E-state index in [1.54, 1.807) is 24.5 Å². The standard InChI is InChI=1S/C11H11NO3/c1-8(13)10(11(14)15-2)7-9-3-5-12-6-4-9/h3-7H,1-2H3/b10-7+. The Bertz CT molecular complexity index is 396. The number of carbonyl (C=O) groups is 2. The highest BCUT2D eigenvalue weighted by Gasteiger charge is 2.14. The fourth-order valence-electron chi connectivity index (χ4n) is 1.04. The summed E-state index contributed by atoms with van der Waals surface area (Å²) >= 11 is 0.